The molecule has 0 bridgehead atoms. The number of hydrogen-bond donors (Lipinski definition) is 0. The molecule has 1 aliphatic heterocycles. The SMILES string of the molecule is N#CC1(c2ccccc2)CC[C@H]2[C@@H](CCCN2Cc2ccccc2)C1. The third kappa shape index (κ3) is 3.22. The van der Waals surface area contributed by atoms with E-state index in [1.165, 1.54) is 30.5 Å². The quantitative estimate of drug-likeness (QED) is 0.799. The first-order chi connectivity index (χ1) is 12.3. The van der Waals surface area contributed by atoms with Crippen LogP contribution in [0.2, 0.25) is 0 Å². The van der Waals surface area contributed by atoms with E-state index in [4.69, 9.17) is 0 Å². The predicted octanol–water partition coefficient (Wildman–Crippen LogP) is 4.91. The van der Waals surface area contributed by atoms with Crippen LogP contribution in [0.3, 0.4) is 0 Å². The highest BCUT2D eigenvalue weighted by Gasteiger charge is 2.45. The second kappa shape index (κ2) is 7.02. The van der Waals surface area contributed by atoms with Crippen LogP contribution in [0.4, 0.5) is 0 Å². The highest BCUT2D eigenvalue weighted by molar-refractivity contribution is 5.33. The van der Waals surface area contributed by atoms with Gasteiger partial charge in [0.15, 0.2) is 0 Å². The van der Waals surface area contributed by atoms with Crippen LogP contribution < -0.4 is 0 Å². The minimum absolute atomic E-state index is 0.280. The van der Waals surface area contributed by atoms with Crippen LogP contribution >= 0.6 is 0 Å². The topological polar surface area (TPSA) is 27.0 Å². The van der Waals surface area contributed by atoms with E-state index in [0.29, 0.717) is 12.0 Å². The normalized spacial score (nSPS) is 29.6. The van der Waals surface area contributed by atoms with Crippen LogP contribution in [-0.4, -0.2) is 17.5 Å². The number of nitriles is 1. The van der Waals surface area contributed by atoms with E-state index in [0.717, 1.165) is 25.8 Å². The maximum Gasteiger partial charge on any atom is 0.0826 e. The van der Waals surface area contributed by atoms with Crippen molar-refractivity contribution in [3.05, 3.63) is 71.8 Å². The fourth-order valence-corrected chi connectivity index (χ4v) is 5.01. The van der Waals surface area contributed by atoms with Gasteiger partial charge in [0.25, 0.3) is 0 Å². The van der Waals surface area contributed by atoms with Crippen molar-refractivity contribution in [2.45, 2.75) is 50.1 Å². The predicted molar refractivity (Wildman–Crippen MR) is 101 cm³/mol. The van der Waals surface area contributed by atoms with Gasteiger partial charge in [-0.05, 0) is 55.7 Å². The van der Waals surface area contributed by atoms with Crippen LogP contribution in [0, 0.1) is 17.2 Å². The molecule has 0 aromatic heterocycles. The second-order valence-corrected chi connectivity index (χ2v) is 7.73. The number of benzene rings is 2. The fraction of sp³-hybridized carbons (Fsp3) is 0.435. The van der Waals surface area contributed by atoms with Crippen molar-refractivity contribution in [1.29, 1.82) is 5.26 Å². The second-order valence-electron chi connectivity index (χ2n) is 7.73. The molecule has 4 rings (SSSR count). The van der Waals surface area contributed by atoms with E-state index in [2.05, 4.69) is 65.6 Å². The van der Waals surface area contributed by atoms with Gasteiger partial charge >= 0.3 is 0 Å². The van der Waals surface area contributed by atoms with Gasteiger partial charge in [-0.15, -0.1) is 0 Å². The minimum atomic E-state index is -0.280. The number of piperidine rings is 1. The Balaban J connectivity index is 1.53. The molecule has 2 aliphatic rings. The van der Waals surface area contributed by atoms with Crippen LogP contribution in [0.5, 0.6) is 0 Å². The largest absolute Gasteiger partial charge is 0.296 e. The lowest BCUT2D eigenvalue weighted by Crippen LogP contribution is -2.50. The molecule has 25 heavy (non-hydrogen) atoms. The number of rotatable bonds is 3. The molecule has 0 spiro atoms. The third-order valence-electron chi connectivity index (χ3n) is 6.28. The van der Waals surface area contributed by atoms with Crippen molar-refractivity contribution in [2.75, 3.05) is 6.54 Å². The molecule has 0 N–H and O–H groups in total. The van der Waals surface area contributed by atoms with Gasteiger partial charge in [0.2, 0.25) is 0 Å². The zero-order valence-electron chi connectivity index (χ0n) is 14.8. The van der Waals surface area contributed by atoms with Crippen molar-refractivity contribution in [3.8, 4) is 6.07 Å². The Bertz CT molecular complexity index is 734. The lowest BCUT2D eigenvalue weighted by molar-refractivity contribution is 0.0369. The maximum absolute atomic E-state index is 10.0. The third-order valence-corrected chi connectivity index (χ3v) is 6.28. The van der Waals surface area contributed by atoms with E-state index in [1.807, 2.05) is 6.07 Å². The van der Waals surface area contributed by atoms with Gasteiger partial charge in [-0.3, -0.25) is 4.90 Å². The molecule has 2 nitrogen and oxygen atoms in total. The molecule has 128 valence electrons. The number of nitrogens with zero attached hydrogens (tertiary/aromatic N) is 2. The number of fused-ring (bicyclic) bond motifs is 1. The lowest BCUT2D eigenvalue weighted by atomic mass is 9.63. The van der Waals surface area contributed by atoms with E-state index < -0.39 is 0 Å². The molecule has 0 radical (unpaired) electrons. The zero-order valence-corrected chi connectivity index (χ0v) is 14.8. The van der Waals surface area contributed by atoms with Gasteiger partial charge < -0.3 is 0 Å². The van der Waals surface area contributed by atoms with Crippen molar-refractivity contribution in [1.82, 2.24) is 4.90 Å². The average Bonchev–Trinajstić information content (AvgIpc) is 2.69. The molecule has 1 aliphatic carbocycles. The summed E-state index contributed by atoms with van der Waals surface area (Å²) in [6, 6.07) is 24.7. The molecule has 1 saturated heterocycles. The van der Waals surface area contributed by atoms with Gasteiger partial charge in [0.1, 0.15) is 0 Å². The molecule has 3 atom stereocenters. The van der Waals surface area contributed by atoms with Crippen LogP contribution in [0.15, 0.2) is 60.7 Å². The molecule has 0 amide bonds. The van der Waals surface area contributed by atoms with Crippen molar-refractivity contribution < 1.29 is 0 Å². The smallest absolute Gasteiger partial charge is 0.0826 e. The van der Waals surface area contributed by atoms with Gasteiger partial charge in [-0.1, -0.05) is 60.7 Å². The van der Waals surface area contributed by atoms with Gasteiger partial charge in [0, 0.05) is 12.6 Å². The Morgan fingerprint density at radius 3 is 2.44 bits per heavy atom. The summed E-state index contributed by atoms with van der Waals surface area (Å²) in [7, 11) is 0. The van der Waals surface area contributed by atoms with E-state index in [1.54, 1.807) is 0 Å². The maximum atomic E-state index is 10.0. The Morgan fingerprint density at radius 2 is 1.72 bits per heavy atom. The summed E-state index contributed by atoms with van der Waals surface area (Å²) in [5.41, 5.74) is 2.34. The summed E-state index contributed by atoms with van der Waals surface area (Å²) in [4.78, 5) is 2.68. The first-order valence-corrected chi connectivity index (χ1v) is 9.55. The fourth-order valence-electron chi connectivity index (χ4n) is 5.01. The zero-order chi connectivity index (χ0) is 17.1. The first-order valence-electron chi connectivity index (χ1n) is 9.55. The van der Waals surface area contributed by atoms with Gasteiger partial charge in [-0.25, -0.2) is 0 Å². The lowest BCUT2D eigenvalue weighted by Gasteiger charge is -2.48. The van der Waals surface area contributed by atoms with Crippen molar-refractivity contribution in [3.63, 3.8) is 0 Å². The van der Waals surface area contributed by atoms with Crippen molar-refractivity contribution in [2.24, 2.45) is 5.92 Å². The molecule has 1 heterocycles. The van der Waals surface area contributed by atoms with E-state index >= 15 is 0 Å². The highest BCUT2D eigenvalue weighted by atomic mass is 15.2. The Kier molecular flexibility index (Phi) is 4.59. The molecule has 2 aromatic carbocycles. The molecule has 2 heteroatoms. The van der Waals surface area contributed by atoms with E-state index in [9.17, 15) is 5.26 Å². The first kappa shape index (κ1) is 16.4. The summed E-state index contributed by atoms with van der Waals surface area (Å²) in [5.74, 6) is 0.645. The number of hydrogen-bond acceptors (Lipinski definition) is 2. The highest BCUT2D eigenvalue weighted by Crippen LogP contribution is 2.46. The van der Waals surface area contributed by atoms with Crippen molar-refractivity contribution >= 4 is 0 Å². The minimum Gasteiger partial charge on any atom is -0.296 e. The van der Waals surface area contributed by atoms with Crippen LogP contribution in [0.25, 0.3) is 0 Å². The monoisotopic (exact) mass is 330 g/mol. The summed E-state index contributed by atoms with van der Waals surface area (Å²) in [5, 5.41) is 10.0. The summed E-state index contributed by atoms with van der Waals surface area (Å²) in [6.07, 6.45) is 5.67. The molecule has 1 unspecified atom stereocenters. The molecule has 2 aromatic rings. The summed E-state index contributed by atoms with van der Waals surface area (Å²) in [6.45, 7) is 2.24. The molecular weight excluding hydrogens is 304 g/mol. The molecule has 1 saturated carbocycles. The van der Waals surface area contributed by atoms with Gasteiger partial charge in [0.05, 0.1) is 11.5 Å². The number of likely N-dealkylation sites (tertiary alicyclic amines) is 1. The summed E-state index contributed by atoms with van der Waals surface area (Å²) >= 11 is 0. The van der Waals surface area contributed by atoms with E-state index in [-0.39, 0.29) is 5.41 Å². The van der Waals surface area contributed by atoms with Gasteiger partial charge in [-0.2, -0.15) is 5.26 Å². The summed E-state index contributed by atoms with van der Waals surface area (Å²) < 4.78 is 0. The standard InChI is InChI=1S/C23H26N2/c24-18-23(21-11-5-2-6-12-21)14-13-22-20(16-23)10-7-15-25(22)17-19-8-3-1-4-9-19/h1-6,8-9,11-12,20,22H,7,10,13-17H2/t20-,22-,23?/m0/s1. The Labute approximate surface area is 151 Å². The van der Waals surface area contributed by atoms with Crippen LogP contribution in [0.1, 0.15) is 43.2 Å². The average molecular weight is 330 g/mol. The Morgan fingerprint density at radius 1 is 1.00 bits per heavy atom. The van der Waals surface area contributed by atoms with Crippen LogP contribution in [-0.2, 0) is 12.0 Å². The molecule has 2 fully saturated rings. The Hall–Kier alpha value is -2.11. The molecular formula is C23H26N2.